The van der Waals surface area contributed by atoms with Crippen LogP contribution in [0.4, 0.5) is 0 Å². The molecule has 0 saturated carbocycles. The van der Waals surface area contributed by atoms with Gasteiger partial charge in [0.25, 0.3) is 0 Å². The zero-order valence-corrected chi connectivity index (χ0v) is 8.45. The Balaban J connectivity index is 3.31. The average molecular weight is 237 g/mol. The van der Waals surface area contributed by atoms with Crippen molar-refractivity contribution in [3.05, 3.63) is 32.8 Å². The molecule has 0 bridgehead atoms. The standard InChI is InChI=1S/C8H3Cl3O2/c9-5-2-7(11)6(10)1-4(5)8(13)3-12/h1-3H. The molecule has 13 heavy (non-hydrogen) atoms. The highest BCUT2D eigenvalue weighted by Crippen LogP contribution is 2.28. The van der Waals surface area contributed by atoms with Crippen molar-refractivity contribution in [1.82, 2.24) is 0 Å². The summed E-state index contributed by atoms with van der Waals surface area (Å²) in [4.78, 5) is 21.1. The number of carbonyl (C=O) groups excluding carboxylic acids is 2. The molecule has 1 aromatic rings. The number of aldehydes is 1. The average Bonchev–Trinajstić information content (AvgIpc) is 2.10. The Morgan fingerprint density at radius 2 is 1.62 bits per heavy atom. The molecule has 0 atom stereocenters. The molecule has 0 spiro atoms. The Morgan fingerprint density at radius 3 is 2.15 bits per heavy atom. The summed E-state index contributed by atoms with van der Waals surface area (Å²) in [6.45, 7) is 0. The van der Waals surface area contributed by atoms with Crippen molar-refractivity contribution in [3.63, 3.8) is 0 Å². The molecule has 0 saturated heterocycles. The van der Waals surface area contributed by atoms with Crippen molar-refractivity contribution in [2.75, 3.05) is 0 Å². The predicted octanol–water partition coefficient (Wildman–Crippen LogP) is 3.03. The summed E-state index contributed by atoms with van der Waals surface area (Å²) in [7, 11) is 0. The highest BCUT2D eigenvalue weighted by Gasteiger charge is 2.11. The van der Waals surface area contributed by atoms with Gasteiger partial charge in [-0.1, -0.05) is 34.8 Å². The van der Waals surface area contributed by atoms with E-state index in [1.807, 2.05) is 0 Å². The minimum absolute atomic E-state index is 0.0612. The molecule has 0 aliphatic rings. The highest BCUT2D eigenvalue weighted by molar-refractivity contribution is 6.46. The minimum atomic E-state index is -0.719. The van der Waals surface area contributed by atoms with Gasteiger partial charge in [-0.3, -0.25) is 9.59 Å². The second-order valence-corrected chi connectivity index (χ2v) is 3.45. The number of halogens is 3. The molecule has 0 amide bonds. The summed E-state index contributed by atoms with van der Waals surface area (Å²) < 4.78 is 0. The molecule has 5 heteroatoms. The third-order valence-corrected chi connectivity index (χ3v) is 2.42. The molecule has 1 aromatic carbocycles. The molecule has 0 aliphatic carbocycles. The van der Waals surface area contributed by atoms with Crippen LogP contribution >= 0.6 is 34.8 Å². The first kappa shape index (κ1) is 10.5. The van der Waals surface area contributed by atoms with E-state index >= 15 is 0 Å². The third-order valence-electron chi connectivity index (χ3n) is 1.38. The van der Waals surface area contributed by atoms with Crippen LogP contribution < -0.4 is 0 Å². The van der Waals surface area contributed by atoms with Crippen LogP contribution in [-0.4, -0.2) is 12.1 Å². The Bertz CT molecular complexity index is 374. The zero-order chi connectivity index (χ0) is 10.0. The van der Waals surface area contributed by atoms with Crippen LogP contribution in [0.25, 0.3) is 0 Å². The fraction of sp³-hybridized carbons (Fsp3) is 0. The van der Waals surface area contributed by atoms with Crippen LogP contribution in [0.2, 0.25) is 15.1 Å². The lowest BCUT2D eigenvalue weighted by molar-refractivity contribution is -0.104. The third kappa shape index (κ3) is 2.21. The maximum Gasteiger partial charge on any atom is 0.226 e. The van der Waals surface area contributed by atoms with Gasteiger partial charge >= 0.3 is 0 Å². The summed E-state index contributed by atoms with van der Waals surface area (Å²) >= 11 is 16.9. The zero-order valence-electron chi connectivity index (χ0n) is 6.18. The van der Waals surface area contributed by atoms with Crippen molar-refractivity contribution in [2.24, 2.45) is 0 Å². The fourth-order valence-corrected chi connectivity index (χ4v) is 1.41. The highest BCUT2D eigenvalue weighted by atomic mass is 35.5. The quantitative estimate of drug-likeness (QED) is 0.343. The van der Waals surface area contributed by atoms with Gasteiger partial charge in [0.2, 0.25) is 5.78 Å². The first-order valence-corrected chi connectivity index (χ1v) is 4.33. The lowest BCUT2D eigenvalue weighted by Crippen LogP contribution is -2.00. The Morgan fingerprint density at radius 1 is 1.08 bits per heavy atom. The number of benzene rings is 1. The molecule has 68 valence electrons. The van der Waals surface area contributed by atoms with Crippen molar-refractivity contribution >= 4 is 46.9 Å². The molecule has 0 unspecified atom stereocenters. The van der Waals surface area contributed by atoms with Gasteiger partial charge in [-0.15, -0.1) is 0 Å². The van der Waals surface area contributed by atoms with Crippen molar-refractivity contribution in [1.29, 1.82) is 0 Å². The van der Waals surface area contributed by atoms with Crippen molar-refractivity contribution < 1.29 is 9.59 Å². The number of carbonyl (C=O) groups is 2. The monoisotopic (exact) mass is 236 g/mol. The number of ketones is 1. The first-order chi connectivity index (χ1) is 6.06. The Kier molecular flexibility index (Phi) is 3.31. The van der Waals surface area contributed by atoms with Gasteiger partial charge in [-0.25, -0.2) is 0 Å². The maximum atomic E-state index is 10.9. The summed E-state index contributed by atoms with van der Waals surface area (Å²) in [5, 5.41) is 0.553. The second-order valence-electron chi connectivity index (χ2n) is 2.23. The lowest BCUT2D eigenvalue weighted by Gasteiger charge is -2.01. The molecule has 0 fully saturated rings. The van der Waals surface area contributed by atoms with E-state index in [1.165, 1.54) is 12.1 Å². The van der Waals surface area contributed by atoms with E-state index in [0.29, 0.717) is 0 Å². The van der Waals surface area contributed by atoms with Gasteiger partial charge in [-0.05, 0) is 12.1 Å². The molecular formula is C8H3Cl3O2. The SMILES string of the molecule is O=CC(=O)c1cc(Cl)c(Cl)cc1Cl. The van der Waals surface area contributed by atoms with Gasteiger partial charge in [-0.2, -0.15) is 0 Å². The van der Waals surface area contributed by atoms with Gasteiger partial charge < -0.3 is 0 Å². The van der Waals surface area contributed by atoms with Crippen LogP contribution in [0.1, 0.15) is 10.4 Å². The Labute approximate surface area is 89.4 Å². The molecule has 0 N–H and O–H groups in total. The molecule has 2 nitrogen and oxygen atoms in total. The second kappa shape index (κ2) is 4.09. The maximum absolute atomic E-state index is 10.9. The summed E-state index contributed by atoms with van der Waals surface area (Å²) in [5.41, 5.74) is 0.0612. The van der Waals surface area contributed by atoms with Crippen LogP contribution in [0.15, 0.2) is 12.1 Å². The van der Waals surface area contributed by atoms with Gasteiger partial charge in [0.05, 0.1) is 15.1 Å². The molecule has 0 aromatic heterocycles. The van der Waals surface area contributed by atoms with Crippen LogP contribution in [0.5, 0.6) is 0 Å². The number of hydrogen-bond donors (Lipinski definition) is 0. The smallest absolute Gasteiger partial charge is 0.226 e. The number of Topliss-reactive ketones (excluding diaryl/α,β-unsaturated/α-hetero) is 1. The van der Waals surface area contributed by atoms with E-state index in [1.54, 1.807) is 0 Å². The minimum Gasteiger partial charge on any atom is -0.294 e. The summed E-state index contributed by atoms with van der Waals surface area (Å²) in [6, 6.07) is 2.59. The van der Waals surface area contributed by atoms with Gasteiger partial charge in [0.1, 0.15) is 0 Å². The van der Waals surface area contributed by atoms with Crippen LogP contribution in [-0.2, 0) is 4.79 Å². The fourth-order valence-electron chi connectivity index (χ4n) is 0.775. The number of hydrogen-bond acceptors (Lipinski definition) is 2. The van der Waals surface area contributed by atoms with Crippen molar-refractivity contribution in [3.8, 4) is 0 Å². The Hall–Kier alpha value is -0.570. The predicted molar refractivity (Wildman–Crippen MR) is 51.9 cm³/mol. The van der Waals surface area contributed by atoms with Crippen LogP contribution in [0, 0.1) is 0 Å². The molecule has 0 aliphatic heterocycles. The van der Waals surface area contributed by atoms with Gasteiger partial charge in [0.15, 0.2) is 6.29 Å². The lowest BCUT2D eigenvalue weighted by atomic mass is 10.1. The largest absolute Gasteiger partial charge is 0.294 e. The number of rotatable bonds is 2. The topological polar surface area (TPSA) is 34.1 Å². The molecular weight excluding hydrogens is 234 g/mol. The van der Waals surface area contributed by atoms with Gasteiger partial charge in [0, 0.05) is 5.56 Å². The summed E-state index contributed by atoms with van der Waals surface area (Å²) in [6.07, 6.45) is 0.172. The van der Waals surface area contributed by atoms with Crippen molar-refractivity contribution in [2.45, 2.75) is 0 Å². The first-order valence-electron chi connectivity index (χ1n) is 3.20. The van der Waals surface area contributed by atoms with E-state index < -0.39 is 5.78 Å². The van der Waals surface area contributed by atoms with E-state index in [2.05, 4.69) is 0 Å². The van der Waals surface area contributed by atoms with E-state index in [9.17, 15) is 9.59 Å². The van der Waals surface area contributed by atoms with E-state index in [-0.39, 0.29) is 26.9 Å². The molecule has 1 rings (SSSR count). The van der Waals surface area contributed by atoms with E-state index in [4.69, 9.17) is 34.8 Å². The molecule has 0 heterocycles. The normalized spacial score (nSPS) is 9.77. The van der Waals surface area contributed by atoms with E-state index in [0.717, 1.165) is 0 Å². The van der Waals surface area contributed by atoms with Crippen LogP contribution in [0.3, 0.4) is 0 Å². The summed E-state index contributed by atoms with van der Waals surface area (Å²) in [5.74, 6) is -0.719. The molecule has 0 radical (unpaired) electrons.